The van der Waals surface area contributed by atoms with Crippen LogP contribution in [-0.2, 0) is 28.2 Å². The highest BCUT2D eigenvalue weighted by atomic mass is 31.2. The third-order valence-corrected chi connectivity index (χ3v) is 7.67. The second-order valence-corrected chi connectivity index (χ2v) is 13.1. The van der Waals surface area contributed by atoms with Crippen LogP contribution in [0.2, 0.25) is 0 Å². The maximum Gasteiger partial charge on any atom is 0.469 e. The number of unbranched alkanes of at least 4 members (excludes halogenated alkanes) is 9. The normalized spacial score (nSPS) is 13.5. The number of esters is 2. The summed E-state index contributed by atoms with van der Waals surface area (Å²) in [5.41, 5.74) is 0. The minimum Gasteiger partial charge on any atom is -0.462 e. The maximum atomic E-state index is 12.3. The quantitative estimate of drug-likeness (QED) is 0.0307. The Hall–Kier alpha value is -2.77. The van der Waals surface area contributed by atoms with Gasteiger partial charge in [-0.05, 0) is 70.6 Å². The van der Waals surface area contributed by atoms with E-state index in [4.69, 9.17) is 19.3 Å². The molecular formula is C40H65O8P. The van der Waals surface area contributed by atoms with E-state index in [2.05, 4.69) is 79.1 Å². The molecule has 278 valence electrons. The van der Waals surface area contributed by atoms with Crippen LogP contribution >= 0.6 is 7.82 Å². The number of carbonyl (C=O) groups is 2. The number of hydrogen-bond donors (Lipinski definition) is 2. The Morgan fingerprint density at radius 2 is 1.04 bits per heavy atom. The molecule has 2 N–H and O–H groups in total. The molecule has 0 saturated carbocycles. The van der Waals surface area contributed by atoms with Gasteiger partial charge in [0, 0.05) is 6.42 Å². The van der Waals surface area contributed by atoms with Crippen molar-refractivity contribution in [3.8, 4) is 0 Å². The van der Waals surface area contributed by atoms with Crippen LogP contribution in [0.25, 0.3) is 0 Å². The number of rotatable bonds is 32. The first-order valence-corrected chi connectivity index (χ1v) is 19.9. The van der Waals surface area contributed by atoms with Gasteiger partial charge in [-0.3, -0.25) is 14.1 Å². The van der Waals surface area contributed by atoms with Gasteiger partial charge in [-0.15, -0.1) is 0 Å². The third-order valence-electron chi connectivity index (χ3n) is 7.18. The van der Waals surface area contributed by atoms with Crippen molar-refractivity contribution in [3.63, 3.8) is 0 Å². The van der Waals surface area contributed by atoms with Crippen molar-refractivity contribution in [1.82, 2.24) is 0 Å². The fourth-order valence-corrected chi connectivity index (χ4v) is 4.84. The monoisotopic (exact) mass is 704 g/mol. The second kappa shape index (κ2) is 35.1. The molecule has 1 atom stereocenters. The molecule has 8 nitrogen and oxygen atoms in total. The summed E-state index contributed by atoms with van der Waals surface area (Å²) in [5, 5.41) is 0. The van der Waals surface area contributed by atoms with E-state index in [0.717, 1.165) is 64.2 Å². The average molecular weight is 705 g/mol. The summed E-state index contributed by atoms with van der Waals surface area (Å²) in [6.07, 6.45) is 46.1. The lowest BCUT2D eigenvalue weighted by atomic mass is 10.1. The highest BCUT2D eigenvalue weighted by molar-refractivity contribution is 7.46. The molecule has 0 spiro atoms. The van der Waals surface area contributed by atoms with Crippen molar-refractivity contribution < 1.29 is 37.9 Å². The molecule has 0 aromatic rings. The molecule has 1 unspecified atom stereocenters. The zero-order valence-electron chi connectivity index (χ0n) is 30.3. The van der Waals surface area contributed by atoms with E-state index in [1.165, 1.54) is 32.1 Å². The third kappa shape index (κ3) is 37.9. The minimum absolute atomic E-state index is 0.0279. The van der Waals surface area contributed by atoms with E-state index >= 15 is 0 Å². The molecule has 9 heteroatoms. The van der Waals surface area contributed by atoms with Crippen LogP contribution in [0.5, 0.6) is 0 Å². The summed E-state index contributed by atoms with van der Waals surface area (Å²) in [5.74, 6) is -1.06. The number of allylic oxidation sites excluding steroid dienone is 13. The maximum absolute atomic E-state index is 12.3. The number of phosphoric acid groups is 1. The second-order valence-electron chi connectivity index (χ2n) is 11.8. The molecule has 0 aliphatic carbocycles. The highest BCUT2D eigenvalue weighted by Gasteiger charge is 2.22. The van der Waals surface area contributed by atoms with Crippen molar-refractivity contribution in [3.05, 3.63) is 85.1 Å². The summed E-state index contributed by atoms with van der Waals surface area (Å²) in [4.78, 5) is 42.6. The van der Waals surface area contributed by atoms with E-state index < -0.39 is 32.5 Å². The molecule has 0 amide bonds. The summed E-state index contributed by atoms with van der Waals surface area (Å²) in [6.45, 7) is 3.43. The molecule has 0 aliphatic heterocycles. The summed E-state index contributed by atoms with van der Waals surface area (Å²) in [6, 6.07) is 0. The van der Waals surface area contributed by atoms with Gasteiger partial charge >= 0.3 is 19.8 Å². The fourth-order valence-electron chi connectivity index (χ4n) is 4.48. The topological polar surface area (TPSA) is 119 Å². The van der Waals surface area contributed by atoms with Crippen LogP contribution in [-0.4, -0.2) is 41.0 Å². The number of phosphoric ester groups is 1. The first-order chi connectivity index (χ1) is 23.8. The SMILES string of the molecule is CC/C=C\C/C=C\C/C=C\C/C=C\C/C=C\CC(=O)OC(COC(=O)CCCCCCC/C=C\C/C=C\CCCCCC)COP(=O)(O)O. The van der Waals surface area contributed by atoms with Crippen molar-refractivity contribution in [2.45, 2.75) is 142 Å². The van der Waals surface area contributed by atoms with Crippen molar-refractivity contribution >= 4 is 19.8 Å². The van der Waals surface area contributed by atoms with E-state index in [1.807, 2.05) is 18.2 Å². The Morgan fingerprint density at radius 1 is 0.571 bits per heavy atom. The predicted octanol–water partition coefficient (Wildman–Crippen LogP) is 10.9. The molecule has 0 heterocycles. The van der Waals surface area contributed by atoms with Gasteiger partial charge in [-0.2, -0.15) is 0 Å². The Bertz CT molecular complexity index is 1060. The molecular weight excluding hydrogens is 639 g/mol. The molecule has 49 heavy (non-hydrogen) atoms. The van der Waals surface area contributed by atoms with Crippen molar-refractivity contribution in [1.29, 1.82) is 0 Å². The molecule has 0 fully saturated rings. The van der Waals surface area contributed by atoms with E-state index in [0.29, 0.717) is 12.8 Å². The Labute approximate surface area is 297 Å². The summed E-state index contributed by atoms with van der Waals surface area (Å²) < 4.78 is 26.1. The van der Waals surface area contributed by atoms with Gasteiger partial charge in [0.05, 0.1) is 13.0 Å². The van der Waals surface area contributed by atoms with Crippen LogP contribution in [0.3, 0.4) is 0 Å². The first-order valence-electron chi connectivity index (χ1n) is 18.4. The zero-order chi connectivity index (χ0) is 36.1. The van der Waals surface area contributed by atoms with Gasteiger partial charge in [0.1, 0.15) is 6.61 Å². The van der Waals surface area contributed by atoms with Gasteiger partial charge in [0.2, 0.25) is 0 Å². The Balaban J connectivity index is 4.16. The number of hydrogen-bond acceptors (Lipinski definition) is 6. The number of carbonyl (C=O) groups excluding carboxylic acids is 2. The molecule has 0 aliphatic rings. The lowest BCUT2D eigenvalue weighted by molar-refractivity contribution is -0.160. The van der Waals surface area contributed by atoms with Crippen molar-refractivity contribution in [2.24, 2.45) is 0 Å². The largest absolute Gasteiger partial charge is 0.469 e. The van der Waals surface area contributed by atoms with E-state index in [1.54, 1.807) is 6.08 Å². The number of ether oxygens (including phenoxy) is 2. The Kier molecular flexibility index (Phi) is 33.1. The van der Waals surface area contributed by atoms with Crippen molar-refractivity contribution in [2.75, 3.05) is 13.2 Å². The van der Waals surface area contributed by atoms with Crippen LogP contribution in [0, 0.1) is 0 Å². The molecule has 0 aromatic carbocycles. The van der Waals surface area contributed by atoms with Crippen LogP contribution < -0.4 is 0 Å². The molecule has 0 radical (unpaired) electrons. The van der Waals surface area contributed by atoms with Gasteiger partial charge in [0.15, 0.2) is 6.10 Å². The van der Waals surface area contributed by atoms with Crippen LogP contribution in [0.4, 0.5) is 0 Å². The Morgan fingerprint density at radius 3 is 1.57 bits per heavy atom. The van der Waals surface area contributed by atoms with E-state index in [-0.39, 0.29) is 19.4 Å². The van der Waals surface area contributed by atoms with Crippen LogP contribution in [0.1, 0.15) is 136 Å². The predicted molar refractivity (Wildman–Crippen MR) is 202 cm³/mol. The fraction of sp³-hybridized carbons (Fsp3) is 0.600. The lowest BCUT2D eigenvalue weighted by Gasteiger charge is -2.18. The van der Waals surface area contributed by atoms with E-state index in [9.17, 15) is 14.2 Å². The van der Waals surface area contributed by atoms with Gasteiger partial charge < -0.3 is 19.3 Å². The molecule has 0 aromatic heterocycles. The first kappa shape index (κ1) is 46.2. The molecule has 0 bridgehead atoms. The smallest absolute Gasteiger partial charge is 0.462 e. The summed E-state index contributed by atoms with van der Waals surface area (Å²) in [7, 11) is -4.78. The van der Waals surface area contributed by atoms with Crippen LogP contribution in [0.15, 0.2) is 85.1 Å². The average Bonchev–Trinajstić information content (AvgIpc) is 3.07. The standard InChI is InChI=1S/C40H65O8P/c1-3-5-7-9-11-13-15-17-19-21-22-24-26-28-30-32-34-39(41)46-36-38(37-47-49(43,44)45)48-40(42)35-33-31-29-27-25-23-20-18-16-14-12-10-8-6-4-2/h6,8,12-15,18-21,25,27,31,33,38H,3-5,7,9-11,16-17,22-24,26,28-30,32,34-37H2,1-2H3,(H2,43,44,45)/b8-6-,14-12-,15-13-,20-18-,21-19-,27-25-,33-31-. The zero-order valence-corrected chi connectivity index (χ0v) is 31.2. The van der Waals surface area contributed by atoms with Gasteiger partial charge in [-0.25, -0.2) is 4.57 Å². The van der Waals surface area contributed by atoms with Gasteiger partial charge in [-0.1, -0.05) is 137 Å². The molecule has 0 rings (SSSR count). The van der Waals surface area contributed by atoms with Gasteiger partial charge in [0.25, 0.3) is 0 Å². The highest BCUT2D eigenvalue weighted by Crippen LogP contribution is 2.35. The minimum atomic E-state index is -4.78. The lowest BCUT2D eigenvalue weighted by Crippen LogP contribution is -2.29. The summed E-state index contributed by atoms with van der Waals surface area (Å²) >= 11 is 0. The molecule has 0 saturated heterocycles.